The van der Waals surface area contributed by atoms with E-state index in [4.69, 9.17) is 9.98 Å². The standard InChI is InChI=1S/C49H33N3S/c1-3-13-35(14-4-1)47-50-48(36-15-5-2-6-16-36)52-49(51-47)42-22-11-23-45-46(42)43-31-39(28-29-44(43)53-45)38-19-9-18-37(30-38)32-24-26-34(27-25-32)41-21-10-17-33-12-7-8-20-40(33)41/h1-31,47H,(H,50,51,52). The molecule has 8 aromatic carbocycles. The molecule has 1 aromatic heterocycles. The number of hydrogen-bond donors (Lipinski definition) is 1. The number of aliphatic imine (C=N–C) groups is 2. The van der Waals surface area contributed by atoms with Gasteiger partial charge in [-0.2, -0.15) is 0 Å². The number of nitrogens with zero attached hydrogens (tertiary/aromatic N) is 2. The molecule has 3 nitrogen and oxygen atoms in total. The van der Waals surface area contributed by atoms with E-state index in [9.17, 15) is 0 Å². The molecule has 1 unspecified atom stereocenters. The molecule has 0 aliphatic carbocycles. The van der Waals surface area contributed by atoms with Gasteiger partial charge in [-0.05, 0) is 74.0 Å². The molecule has 1 aliphatic heterocycles. The van der Waals surface area contributed by atoms with E-state index in [2.05, 4.69) is 169 Å². The van der Waals surface area contributed by atoms with Crippen LogP contribution in [-0.2, 0) is 0 Å². The maximum atomic E-state index is 5.22. The van der Waals surface area contributed by atoms with E-state index in [-0.39, 0.29) is 6.17 Å². The lowest BCUT2D eigenvalue weighted by molar-refractivity contribution is 0.674. The van der Waals surface area contributed by atoms with Crippen molar-refractivity contribution in [1.29, 1.82) is 0 Å². The second kappa shape index (κ2) is 13.2. The molecule has 0 spiro atoms. The Labute approximate surface area is 312 Å². The first-order chi connectivity index (χ1) is 26.2. The van der Waals surface area contributed by atoms with Crippen molar-refractivity contribution in [2.24, 2.45) is 9.98 Å². The van der Waals surface area contributed by atoms with Crippen molar-refractivity contribution in [2.75, 3.05) is 0 Å². The minimum Gasteiger partial charge on any atom is -0.344 e. The number of nitrogens with one attached hydrogen (secondary N) is 1. The summed E-state index contributed by atoms with van der Waals surface area (Å²) in [4.78, 5) is 10.4. The van der Waals surface area contributed by atoms with E-state index in [1.165, 1.54) is 64.3 Å². The maximum Gasteiger partial charge on any atom is 0.160 e. The maximum absolute atomic E-state index is 5.22. The Hall–Kier alpha value is -6.62. The third-order valence-electron chi connectivity index (χ3n) is 10.2. The number of benzene rings is 8. The van der Waals surface area contributed by atoms with Crippen molar-refractivity contribution in [3.8, 4) is 33.4 Å². The first-order valence-corrected chi connectivity index (χ1v) is 18.7. The predicted molar refractivity (Wildman–Crippen MR) is 225 cm³/mol. The summed E-state index contributed by atoms with van der Waals surface area (Å²) in [5, 5.41) is 8.54. The molecular weight excluding hydrogens is 663 g/mol. The van der Waals surface area contributed by atoms with Crippen molar-refractivity contribution in [3.63, 3.8) is 0 Å². The third kappa shape index (κ3) is 5.80. The van der Waals surface area contributed by atoms with Crippen LogP contribution in [0.4, 0.5) is 0 Å². The first kappa shape index (κ1) is 31.1. The highest BCUT2D eigenvalue weighted by Gasteiger charge is 2.23. The van der Waals surface area contributed by atoms with Gasteiger partial charge >= 0.3 is 0 Å². The van der Waals surface area contributed by atoms with E-state index in [1.54, 1.807) is 0 Å². The highest BCUT2D eigenvalue weighted by molar-refractivity contribution is 7.25. The van der Waals surface area contributed by atoms with Gasteiger partial charge in [0, 0.05) is 31.3 Å². The Morgan fingerprint density at radius 2 is 1.06 bits per heavy atom. The molecule has 0 radical (unpaired) electrons. The summed E-state index contributed by atoms with van der Waals surface area (Å²) in [5.41, 5.74) is 10.4. The Morgan fingerprint density at radius 1 is 0.434 bits per heavy atom. The van der Waals surface area contributed by atoms with Crippen molar-refractivity contribution >= 4 is 54.0 Å². The summed E-state index contributed by atoms with van der Waals surface area (Å²) in [6.07, 6.45) is -0.251. The summed E-state index contributed by atoms with van der Waals surface area (Å²) in [6, 6.07) is 67.1. The van der Waals surface area contributed by atoms with Crippen molar-refractivity contribution in [2.45, 2.75) is 6.17 Å². The van der Waals surface area contributed by atoms with Gasteiger partial charge in [0.05, 0.1) is 0 Å². The van der Waals surface area contributed by atoms with Crippen LogP contribution < -0.4 is 5.32 Å². The zero-order chi connectivity index (χ0) is 35.1. The fourth-order valence-corrected chi connectivity index (χ4v) is 8.62. The quantitative estimate of drug-likeness (QED) is 0.185. The molecule has 4 heteroatoms. The Morgan fingerprint density at radius 3 is 1.91 bits per heavy atom. The van der Waals surface area contributed by atoms with Crippen LogP contribution >= 0.6 is 11.3 Å². The molecule has 53 heavy (non-hydrogen) atoms. The van der Waals surface area contributed by atoms with Crippen LogP contribution in [0.5, 0.6) is 0 Å². The highest BCUT2D eigenvalue weighted by Crippen LogP contribution is 2.40. The summed E-state index contributed by atoms with van der Waals surface area (Å²) in [7, 11) is 0. The van der Waals surface area contributed by atoms with Gasteiger partial charge in [-0.3, -0.25) is 0 Å². The van der Waals surface area contributed by atoms with Crippen LogP contribution in [0.25, 0.3) is 64.3 Å². The van der Waals surface area contributed by atoms with Gasteiger partial charge < -0.3 is 5.32 Å². The Bertz CT molecular complexity index is 2850. The fourth-order valence-electron chi connectivity index (χ4n) is 7.51. The minimum atomic E-state index is -0.251. The van der Waals surface area contributed by atoms with Crippen molar-refractivity contribution in [1.82, 2.24) is 5.32 Å². The first-order valence-electron chi connectivity index (χ1n) is 17.9. The highest BCUT2D eigenvalue weighted by atomic mass is 32.1. The van der Waals surface area contributed by atoms with Crippen molar-refractivity contribution in [3.05, 3.63) is 205 Å². The van der Waals surface area contributed by atoms with Gasteiger partial charge in [-0.15, -0.1) is 11.3 Å². The summed E-state index contributed by atoms with van der Waals surface area (Å²) < 4.78 is 2.47. The average molecular weight is 696 g/mol. The van der Waals surface area contributed by atoms with Crippen LogP contribution in [0, 0.1) is 0 Å². The fraction of sp³-hybridized carbons (Fsp3) is 0.0204. The van der Waals surface area contributed by atoms with Gasteiger partial charge in [0.2, 0.25) is 0 Å². The Kier molecular flexibility index (Phi) is 7.74. The number of hydrogen-bond acceptors (Lipinski definition) is 4. The molecule has 10 rings (SSSR count). The van der Waals surface area contributed by atoms with Crippen LogP contribution in [0.3, 0.4) is 0 Å². The third-order valence-corrected chi connectivity index (χ3v) is 11.3. The van der Waals surface area contributed by atoms with Crippen LogP contribution in [0.15, 0.2) is 198 Å². The van der Waals surface area contributed by atoms with E-state index in [1.807, 2.05) is 35.6 Å². The molecule has 0 amide bonds. The van der Waals surface area contributed by atoms with Gasteiger partial charge in [0.25, 0.3) is 0 Å². The SMILES string of the molecule is c1ccc(C2=NC(c3cccc4sc5ccc(-c6cccc(-c7ccc(-c8cccc9ccccc89)cc7)c6)cc5c34)=NC(c3ccccc3)N2)cc1. The lowest BCUT2D eigenvalue weighted by atomic mass is 9.94. The number of amidine groups is 2. The Balaban J connectivity index is 1.04. The second-order valence-electron chi connectivity index (χ2n) is 13.4. The lowest BCUT2D eigenvalue weighted by Crippen LogP contribution is -2.33. The smallest absolute Gasteiger partial charge is 0.160 e. The molecule has 0 fully saturated rings. The second-order valence-corrected chi connectivity index (χ2v) is 14.5. The summed E-state index contributed by atoms with van der Waals surface area (Å²) in [5.74, 6) is 1.56. The predicted octanol–water partition coefficient (Wildman–Crippen LogP) is 12.7. The van der Waals surface area contributed by atoms with Gasteiger partial charge in [0.15, 0.2) is 5.84 Å². The zero-order valence-electron chi connectivity index (χ0n) is 28.8. The summed E-state index contributed by atoms with van der Waals surface area (Å²) >= 11 is 1.82. The molecule has 1 aliphatic rings. The van der Waals surface area contributed by atoms with E-state index < -0.39 is 0 Å². The molecule has 250 valence electrons. The van der Waals surface area contributed by atoms with Gasteiger partial charge in [0.1, 0.15) is 12.0 Å². The molecule has 0 bridgehead atoms. The largest absolute Gasteiger partial charge is 0.344 e. The van der Waals surface area contributed by atoms with Crippen LogP contribution in [-0.4, -0.2) is 11.7 Å². The number of fused-ring (bicyclic) bond motifs is 4. The molecule has 1 N–H and O–H groups in total. The van der Waals surface area contributed by atoms with Crippen LogP contribution in [0.1, 0.15) is 22.9 Å². The van der Waals surface area contributed by atoms with Gasteiger partial charge in [-0.25, -0.2) is 9.98 Å². The molecule has 9 aromatic rings. The molecule has 0 saturated carbocycles. The average Bonchev–Trinajstić information content (AvgIpc) is 3.62. The number of thiophene rings is 1. The minimum absolute atomic E-state index is 0.251. The molecule has 2 heterocycles. The van der Waals surface area contributed by atoms with E-state index in [0.29, 0.717) is 0 Å². The molecule has 0 saturated heterocycles. The monoisotopic (exact) mass is 695 g/mol. The van der Waals surface area contributed by atoms with Crippen molar-refractivity contribution < 1.29 is 0 Å². The van der Waals surface area contributed by atoms with Gasteiger partial charge in [-0.1, -0.05) is 164 Å². The molecule has 1 atom stereocenters. The lowest BCUT2D eigenvalue weighted by Gasteiger charge is -2.24. The van der Waals surface area contributed by atoms with Crippen LogP contribution in [0.2, 0.25) is 0 Å². The molecular formula is C49H33N3S. The summed E-state index contributed by atoms with van der Waals surface area (Å²) in [6.45, 7) is 0. The zero-order valence-corrected chi connectivity index (χ0v) is 29.6. The normalized spacial score (nSPS) is 14.2. The van der Waals surface area contributed by atoms with E-state index >= 15 is 0 Å². The van der Waals surface area contributed by atoms with E-state index in [0.717, 1.165) is 28.4 Å². The topological polar surface area (TPSA) is 36.8 Å². The number of rotatable bonds is 6.